The minimum Gasteiger partial charge on any atom is -0.311 e. The van der Waals surface area contributed by atoms with E-state index < -0.39 is 0 Å². The number of hydrogen-bond acceptors (Lipinski definition) is 4. The number of halogens is 1. The van der Waals surface area contributed by atoms with Crippen molar-refractivity contribution in [3.8, 4) is 0 Å². The predicted octanol–water partition coefficient (Wildman–Crippen LogP) is 4.20. The standard InChI is InChI=1S/C13H15ClN2S2/c1-2-15-7-11-8-18-13(16-11)9-17-12-5-3-4-10(14)6-12/h3-6,8,15H,2,7,9H2,1H3. The Kier molecular flexibility index (Phi) is 5.50. The zero-order valence-electron chi connectivity index (χ0n) is 10.1. The number of rotatable bonds is 6. The molecule has 0 unspecified atom stereocenters. The zero-order valence-corrected chi connectivity index (χ0v) is 12.5. The minimum absolute atomic E-state index is 0.784. The highest BCUT2D eigenvalue weighted by Crippen LogP contribution is 2.26. The summed E-state index contributed by atoms with van der Waals surface area (Å²) in [6.07, 6.45) is 0. The summed E-state index contributed by atoms with van der Waals surface area (Å²) in [7, 11) is 0. The fraction of sp³-hybridized carbons (Fsp3) is 0.308. The van der Waals surface area contributed by atoms with E-state index in [1.807, 2.05) is 18.2 Å². The second kappa shape index (κ2) is 7.14. The first-order valence-corrected chi connectivity index (χ1v) is 8.04. The number of nitrogens with zero attached hydrogens (tertiary/aromatic N) is 1. The molecule has 0 aliphatic rings. The monoisotopic (exact) mass is 298 g/mol. The van der Waals surface area contributed by atoms with E-state index in [0.717, 1.165) is 34.6 Å². The van der Waals surface area contributed by atoms with Gasteiger partial charge in [-0.3, -0.25) is 0 Å². The maximum Gasteiger partial charge on any atom is 0.103 e. The van der Waals surface area contributed by atoms with Crippen LogP contribution >= 0.6 is 34.7 Å². The van der Waals surface area contributed by atoms with Crippen LogP contribution in [0.15, 0.2) is 34.5 Å². The summed E-state index contributed by atoms with van der Waals surface area (Å²) in [6, 6.07) is 7.93. The fourth-order valence-electron chi connectivity index (χ4n) is 1.45. The van der Waals surface area contributed by atoms with Crippen molar-refractivity contribution >= 4 is 34.7 Å². The fourth-order valence-corrected chi connectivity index (χ4v) is 3.47. The molecule has 2 aromatic rings. The molecule has 96 valence electrons. The SMILES string of the molecule is CCNCc1csc(CSc2cccc(Cl)c2)n1. The number of aromatic nitrogens is 1. The lowest BCUT2D eigenvalue weighted by atomic mass is 10.4. The predicted molar refractivity (Wildman–Crippen MR) is 80.5 cm³/mol. The Hall–Kier alpha value is -0.550. The third kappa shape index (κ3) is 4.28. The second-order valence-corrected chi connectivity index (χ2v) is 6.19. The molecule has 0 aliphatic carbocycles. The maximum absolute atomic E-state index is 5.95. The molecule has 1 aromatic heterocycles. The first-order chi connectivity index (χ1) is 8.78. The molecule has 1 heterocycles. The Labute approximate surface area is 121 Å². The van der Waals surface area contributed by atoms with Crippen LogP contribution in [0.4, 0.5) is 0 Å². The number of thiazole rings is 1. The molecule has 0 fully saturated rings. The molecular weight excluding hydrogens is 284 g/mol. The number of benzene rings is 1. The van der Waals surface area contributed by atoms with Crippen molar-refractivity contribution in [3.05, 3.63) is 45.4 Å². The first-order valence-electron chi connectivity index (χ1n) is 5.80. The van der Waals surface area contributed by atoms with Crippen LogP contribution in [0, 0.1) is 0 Å². The quantitative estimate of drug-likeness (QED) is 0.809. The second-order valence-electron chi connectivity index (χ2n) is 3.76. The highest BCUT2D eigenvalue weighted by Gasteiger charge is 2.03. The molecule has 0 spiro atoms. The van der Waals surface area contributed by atoms with Crippen molar-refractivity contribution in [3.63, 3.8) is 0 Å². The zero-order chi connectivity index (χ0) is 12.8. The van der Waals surface area contributed by atoms with Crippen LogP contribution in [0.1, 0.15) is 17.6 Å². The number of hydrogen-bond donors (Lipinski definition) is 1. The lowest BCUT2D eigenvalue weighted by Crippen LogP contribution is -2.11. The van der Waals surface area contributed by atoms with Crippen molar-refractivity contribution < 1.29 is 0 Å². The molecule has 0 radical (unpaired) electrons. The molecule has 2 rings (SSSR count). The van der Waals surface area contributed by atoms with Crippen LogP contribution in [0.25, 0.3) is 0 Å². The van der Waals surface area contributed by atoms with Gasteiger partial charge in [0.1, 0.15) is 5.01 Å². The Balaban J connectivity index is 1.88. The Morgan fingerprint density at radius 1 is 1.44 bits per heavy atom. The minimum atomic E-state index is 0.784. The van der Waals surface area contributed by atoms with Crippen molar-refractivity contribution in [1.82, 2.24) is 10.3 Å². The highest BCUT2D eigenvalue weighted by atomic mass is 35.5. The average Bonchev–Trinajstić information content (AvgIpc) is 2.82. The smallest absolute Gasteiger partial charge is 0.103 e. The summed E-state index contributed by atoms with van der Waals surface area (Å²) in [4.78, 5) is 5.77. The van der Waals surface area contributed by atoms with Gasteiger partial charge in [-0.15, -0.1) is 23.1 Å². The average molecular weight is 299 g/mol. The Morgan fingerprint density at radius 2 is 2.33 bits per heavy atom. The molecule has 2 nitrogen and oxygen atoms in total. The number of thioether (sulfide) groups is 1. The van der Waals surface area contributed by atoms with E-state index >= 15 is 0 Å². The van der Waals surface area contributed by atoms with Gasteiger partial charge in [-0.05, 0) is 24.7 Å². The molecule has 0 aliphatic heterocycles. The summed E-state index contributed by atoms with van der Waals surface area (Å²) < 4.78 is 0. The van der Waals surface area contributed by atoms with E-state index in [9.17, 15) is 0 Å². The normalized spacial score (nSPS) is 10.8. The van der Waals surface area contributed by atoms with Gasteiger partial charge in [0, 0.05) is 21.8 Å². The molecule has 1 N–H and O–H groups in total. The maximum atomic E-state index is 5.95. The first kappa shape index (κ1) is 13.9. The summed E-state index contributed by atoms with van der Waals surface area (Å²) in [5.41, 5.74) is 1.13. The van der Waals surface area contributed by atoms with Crippen LogP contribution < -0.4 is 5.32 Å². The van der Waals surface area contributed by atoms with Gasteiger partial charge in [0.2, 0.25) is 0 Å². The molecule has 0 saturated carbocycles. The topological polar surface area (TPSA) is 24.9 Å². The van der Waals surface area contributed by atoms with Gasteiger partial charge in [-0.2, -0.15) is 0 Å². The van der Waals surface area contributed by atoms with E-state index in [-0.39, 0.29) is 0 Å². The third-order valence-electron chi connectivity index (χ3n) is 2.31. The summed E-state index contributed by atoms with van der Waals surface area (Å²) in [5.74, 6) is 0.900. The van der Waals surface area contributed by atoms with Crippen molar-refractivity contribution in [1.29, 1.82) is 0 Å². The van der Waals surface area contributed by atoms with E-state index in [1.165, 1.54) is 4.90 Å². The lowest BCUT2D eigenvalue weighted by molar-refractivity contribution is 0.713. The van der Waals surface area contributed by atoms with Crippen molar-refractivity contribution in [2.75, 3.05) is 6.54 Å². The van der Waals surface area contributed by atoms with Gasteiger partial charge in [0.05, 0.1) is 11.4 Å². The van der Waals surface area contributed by atoms with Crippen LogP contribution in [-0.4, -0.2) is 11.5 Å². The van der Waals surface area contributed by atoms with Gasteiger partial charge in [-0.25, -0.2) is 4.98 Å². The van der Waals surface area contributed by atoms with E-state index in [4.69, 9.17) is 11.6 Å². The molecule has 0 amide bonds. The summed E-state index contributed by atoms with van der Waals surface area (Å²) >= 11 is 9.44. The highest BCUT2D eigenvalue weighted by molar-refractivity contribution is 7.98. The number of nitrogens with one attached hydrogen (secondary N) is 1. The van der Waals surface area contributed by atoms with E-state index in [2.05, 4.69) is 28.7 Å². The molecule has 0 atom stereocenters. The molecule has 18 heavy (non-hydrogen) atoms. The molecular formula is C13H15ClN2S2. The van der Waals surface area contributed by atoms with Gasteiger partial charge < -0.3 is 5.32 Å². The lowest BCUT2D eigenvalue weighted by Gasteiger charge is -1.99. The van der Waals surface area contributed by atoms with Crippen molar-refractivity contribution in [2.45, 2.75) is 24.1 Å². The molecule has 5 heteroatoms. The van der Waals surface area contributed by atoms with Gasteiger partial charge in [0.15, 0.2) is 0 Å². The van der Waals surface area contributed by atoms with Crippen LogP contribution in [0.2, 0.25) is 5.02 Å². The third-order valence-corrected chi connectivity index (χ3v) is 4.63. The largest absolute Gasteiger partial charge is 0.311 e. The Morgan fingerprint density at radius 3 is 3.11 bits per heavy atom. The molecule has 0 saturated heterocycles. The van der Waals surface area contributed by atoms with Gasteiger partial charge >= 0.3 is 0 Å². The van der Waals surface area contributed by atoms with Crippen LogP contribution in [0.3, 0.4) is 0 Å². The van der Waals surface area contributed by atoms with Gasteiger partial charge in [0.25, 0.3) is 0 Å². The van der Waals surface area contributed by atoms with Gasteiger partial charge in [-0.1, -0.05) is 24.6 Å². The van der Waals surface area contributed by atoms with Crippen LogP contribution in [0.5, 0.6) is 0 Å². The summed E-state index contributed by atoms with van der Waals surface area (Å²) in [5, 5.41) is 7.34. The molecule has 0 bridgehead atoms. The van der Waals surface area contributed by atoms with E-state index in [0.29, 0.717) is 0 Å². The van der Waals surface area contributed by atoms with Crippen LogP contribution in [-0.2, 0) is 12.3 Å². The van der Waals surface area contributed by atoms with E-state index in [1.54, 1.807) is 23.1 Å². The molecule has 1 aromatic carbocycles. The summed E-state index contributed by atoms with van der Waals surface area (Å²) in [6.45, 7) is 3.93. The van der Waals surface area contributed by atoms with Crippen molar-refractivity contribution in [2.24, 2.45) is 0 Å². The Bertz CT molecular complexity index is 499.